The quantitative estimate of drug-likeness (QED) is 0.869. The summed E-state index contributed by atoms with van der Waals surface area (Å²) in [7, 11) is 1.88. The molecule has 1 aromatic carbocycles. The van der Waals surface area contributed by atoms with Gasteiger partial charge in [-0.2, -0.15) is 5.10 Å². The van der Waals surface area contributed by atoms with E-state index in [4.69, 9.17) is 5.11 Å². The fourth-order valence-electron chi connectivity index (χ4n) is 1.82. The lowest BCUT2D eigenvalue weighted by Gasteiger charge is -2.05. The number of benzene rings is 1. The lowest BCUT2D eigenvalue weighted by molar-refractivity contribution is 0.431. The second-order valence-electron chi connectivity index (χ2n) is 4.30. The van der Waals surface area contributed by atoms with Gasteiger partial charge in [-0.3, -0.25) is 4.68 Å². The van der Waals surface area contributed by atoms with Gasteiger partial charge < -0.3 is 10.4 Å². The first-order chi connectivity index (χ1) is 8.56. The van der Waals surface area contributed by atoms with Crippen molar-refractivity contribution in [1.82, 2.24) is 15.1 Å². The van der Waals surface area contributed by atoms with Gasteiger partial charge in [0.05, 0.1) is 5.69 Å². The number of hydrogen-bond donors (Lipinski definition) is 2. The Morgan fingerprint density at radius 1 is 1.39 bits per heavy atom. The number of phenols is 1. The van der Waals surface area contributed by atoms with Crippen molar-refractivity contribution in [2.45, 2.75) is 20.0 Å². The molecule has 2 aromatic rings. The first kappa shape index (κ1) is 12.6. The maximum absolute atomic E-state index is 13.1. The summed E-state index contributed by atoms with van der Waals surface area (Å²) in [6.07, 6.45) is 1.96. The molecule has 0 atom stereocenters. The molecule has 1 heterocycles. The van der Waals surface area contributed by atoms with Crippen LogP contribution in [0, 0.1) is 12.7 Å². The van der Waals surface area contributed by atoms with Gasteiger partial charge in [-0.1, -0.05) is 6.07 Å². The average Bonchev–Trinajstić information content (AvgIpc) is 2.63. The predicted molar refractivity (Wildman–Crippen MR) is 66.6 cm³/mol. The highest BCUT2D eigenvalue weighted by Crippen LogP contribution is 2.16. The molecule has 2 rings (SSSR count). The number of rotatable bonds is 4. The number of hydrogen-bond acceptors (Lipinski definition) is 3. The normalized spacial score (nSPS) is 10.8. The number of nitrogens with one attached hydrogen (secondary N) is 1. The number of phenolic OH excluding ortho intramolecular Hbond substituents is 1. The Kier molecular flexibility index (Phi) is 3.62. The molecular weight excluding hydrogens is 233 g/mol. The molecule has 0 aliphatic carbocycles. The minimum absolute atomic E-state index is 0.318. The smallest absolute Gasteiger partial charge is 0.165 e. The molecule has 5 heteroatoms. The molecule has 4 nitrogen and oxygen atoms in total. The lowest BCUT2D eigenvalue weighted by Crippen LogP contribution is -2.13. The standard InChI is InChI=1S/C13H16FN3O/c1-9-11(8-17(2)16-9)7-15-6-10-3-4-13(18)12(14)5-10/h3-5,8,15,18H,6-7H2,1-2H3. The molecule has 0 aliphatic rings. The van der Waals surface area contributed by atoms with Crippen molar-refractivity contribution in [3.63, 3.8) is 0 Å². The van der Waals surface area contributed by atoms with Crippen LogP contribution in [0.2, 0.25) is 0 Å². The lowest BCUT2D eigenvalue weighted by atomic mass is 10.2. The monoisotopic (exact) mass is 249 g/mol. The molecule has 0 spiro atoms. The van der Waals surface area contributed by atoms with Crippen molar-refractivity contribution >= 4 is 0 Å². The third-order valence-electron chi connectivity index (χ3n) is 2.77. The highest BCUT2D eigenvalue weighted by atomic mass is 19.1. The molecule has 0 saturated heterocycles. The molecule has 0 radical (unpaired) electrons. The van der Waals surface area contributed by atoms with E-state index in [0.29, 0.717) is 13.1 Å². The summed E-state index contributed by atoms with van der Waals surface area (Å²) in [5.74, 6) is -0.909. The fourth-order valence-corrected chi connectivity index (χ4v) is 1.82. The van der Waals surface area contributed by atoms with Crippen LogP contribution in [-0.4, -0.2) is 14.9 Å². The molecule has 0 bridgehead atoms. The Hall–Kier alpha value is -1.88. The van der Waals surface area contributed by atoms with Crippen LogP contribution in [0.15, 0.2) is 24.4 Å². The number of aromatic nitrogens is 2. The first-order valence-corrected chi connectivity index (χ1v) is 5.73. The Labute approximate surface area is 105 Å². The zero-order valence-electron chi connectivity index (χ0n) is 10.4. The van der Waals surface area contributed by atoms with Gasteiger partial charge in [-0.15, -0.1) is 0 Å². The third-order valence-corrected chi connectivity index (χ3v) is 2.77. The summed E-state index contributed by atoms with van der Waals surface area (Å²) >= 11 is 0. The van der Waals surface area contributed by atoms with Gasteiger partial charge >= 0.3 is 0 Å². The van der Waals surface area contributed by atoms with E-state index in [9.17, 15) is 4.39 Å². The van der Waals surface area contributed by atoms with E-state index in [-0.39, 0.29) is 5.75 Å². The summed E-state index contributed by atoms with van der Waals surface area (Å²) in [5.41, 5.74) is 2.91. The van der Waals surface area contributed by atoms with Crippen LogP contribution < -0.4 is 5.32 Å². The van der Waals surface area contributed by atoms with Gasteiger partial charge in [0.15, 0.2) is 11.6 Å². The highest BCUT2D eigenvalue weighted by molar-refractivity contribution is 5.28. The van der Waals surface area contributed by atoms with E-state index >= 15 is 0 Å². The van der Waals surface area contributed by atoms with E-state index in [1.54, 1.807) is 10.7 Å². The number of halogens is 1. The van der Waals surface area contributed by atoms with Gasteiger partial charge in [0.1, 0.15) is 0 Å². The summed E-state index contributed by atoms with van der Waals surface area (Å²) < 4.78 is 14.9. The second-order valence-corrected chi connectivity index (χ2v) is 4.30. The third kappa shape index (κ3) is 2.87. The van der Waals surface area contributed by atoms with Gasteiger partial charge in [0.25, 0.3) is 0 Å². The molecule has 0 amide bonds. The highest BCUT2D eigenvalue weighted by Gasteiger charge is 2.04. The Balaban J connectivity index is 1.92. The maximum Gasteiger partial charge on any atom is 0.165 e. The van der Waals surface area contributed by atoms with E-state index in [0.717, 1.165) is 16.8 Å². The van der Waals surface area contributed by atoms with Crippen LogP contribution >= 0.6 is 0 Å². The summed E-state index contributed by atoms with van der Waals surface area (Å²) in [5, 5.41) is 16.5. The molecule has 0 aliphatic heterocycles. The molecule has 0 saturated carbocycles. The molecular formula is C13H16FN3O. The SMILES string of the molecule is Cc1nn(C)cc1CNCc1ccc(O)c(F)c1. The Morgan fingerprint density at radius 2 is 2.17 bits per heavy atom. The van der Waals surface area contributed by atoms with Crippen LogP contribution in [0.25, 0.3) is 0 Å². The Bertz CT molecular complexity index is 551. The van der Waals surface area contributed by atoms with Crippen LogP contribution in [0.1, 0.15) is 16.8 Å². The van der Waals surface area contributed by atoms with E-state index in [1.165, 1.54) is 12.1 Å². The Morgan fingerprint density at radius 3 is 2.78 bits per heavy atom. The summed E-state index contributed by atoms with van der Waals surface area (Å²) in [4.78, 5) is 0. The van der Waals surface area contributed by atoms with Gasteiger partial charge in [0.2, 0.25) is 0 Å². The predicted octanol–water partition coefficient (Wildman–Crippen LogP) is 1.86. The number of aromatic hydroxyl groups is 1. The van der Waals surface area contributed by atoms with Crippen LogP contribution in [0.3, 0.4) is 0 Å². The molecule has 0 unspecified atom stereocenters. The zero-order chi connectivity index (χ0) is 13.1. The molecule has 18 heavy (non-hydrogen) atoms. The maximum atomic E-state index is 13.1. The summed E-state index contributed by atoms with van der Waals surface area (Å²) in [6.45, 7) is 3.19. The van der Waals surface area contributed by atoms with Crippen LogP contribution in [0.5, 0.6) is 5.75 Å². The van der Waals surface area contributed by atoms with E-state index in [2.05, 4.69) is 10.4 Å². The van der Waals surface area contributed by atoms with Crippen molar-refractivity contribution in [2.24, 2.45) is 7.05 Å². The number of aryl methyl sites for hydroxylation is 2. The molecule has 0 fully saturated rings. The molecule has 2 N–H and O–H groups in total. The van der Waals surface area contributed by atoms with E-state index < -0.39 is 5.82 Å². The van der Waals surface area contributed by atoms with Crippen LogP contribution in [-0.2, 0) is 20.1 Å². The molecule has 96 valence electrons. The van der Waals surface area contributed by atoms with Gasteiger partial charge in [-0.05, 0) is 24.6 Å². The van der Waals surface area contributed by atoms with Gasteiger partial charge in [-0.25, -0.2) is 4.39 Å². The van der Waals surface area contributed by atoms with Crippen molar-refractivity contribution in [3.05, 3.63) is 47.0 Å². The first-order valence-electron chi connectivity index (χ1n) is 5.73. The number of nitrogens with zero attached hydrogens (tertiary/aromatic N) is 2. The topological polar surface area (TPSA) is 50.1 Å². The zero-order valence-corrected chi connectivity index (χ0v) is 10.4. The van der Waals surface area contributed by atoms with Crippen molar-refractivity contribution < 1.29 is 9.50 Å². The second kappa shape index (κ2) is 5.18. The van der Waals surface area contributed by atoms with Crippen molar-refractivity contribution in [1.29, 1.82) is 0 Å². The van der Waals surface area contributed by atoms with Crippen molar-refractivity contribution in [3.8, 4) is 5.75 Å². The van der Waals surface area contributed by atoms with Crippen LogP contribution in [0.4, 0.5) is 4.39 Å². The van der Waals surface area contributed by atoms with Crippen molar-refractivity contribution in [2.75, 3.05) is 0 Å². The summed E-state index contributed by atoms with van der Waals surface area (Å²) in [6, 6.07) is 4.39. The fraction of sp³-hybridized carbons (Fsp3) is 0.308. The molecule has 1 aromatic heterocycles. The average molecular weight is 249 g/mol. The minimum atomic E-state index is -0.591. The largest absolute Gasteiger partial charge is 0.505 e. The van der Waals surface area contributed by atoms with E-state index in [1.807, 2.05) is 20.2 Å². The minimum Gasteiger partial charge on any atom is -0.505 e. The van der Waals surface area contributed by atoms with Gasteiger partial charge in [0, 0.05) is 31.9 Å².